The fourth-order valence-corrected chi connectivity index (χ4v) is 4.40. The van der Waals surface area contributed by atoms with Crippen LogP contribution in [-0.4, -0.2) is 29.1 Å². The molecule has 0 radical (unpaired) electrons. The second kappa shape index (κ2) is 9.92. The van der Waals surface area contributed by atoms with E-state index in [-0.39, 0.29) is 23.9 Å². The van der Waals surface area contributed by atoms with Gasteiger partial charge in [0.05, 0.1) is 17.8 Å². The van der Waals surface area contributed by atoms with E-state index in [0.717, 1.165) is 29.9 Å². The number of carbonyl (C=O) groups is 1. The van der Waals surface area contributed by atoms with E-state index in [2.05, 4.69) is 40.7 Å². The maximum Gasteiger partial charge on any atom is 0.307 e. The molecule has 3 N–H and O–H groups in total. The molecule has 166 valence electrons. The van der Waals surface area contributed by atoms with Crippen LogP contribution in [0.1, 0.15) is 41.3 Å². The van der Waals surface area contributed by atoms with Crippen molar-refractivity contribution in [3.8, 4) is 0 Å². The van der Waals surface area contributed by atoms with Crippen molar-refractivity contribution in [3.05, 3.63) is 95.1 Å². The van der Waals surface area contributed by atoms with Gasteiger partial charge in [0, 0.05) is 31.2 Å². The van der Waals surface area contributed by atoms with Crippen LogP contribution in [-0.2, 0) is 17.6 Å². The zero-order chi connectivity index (χ0) is 22.5. The van der Waals surface area contributed by atoms with Gasteiger partial charge in [0.25, 0.3) is 0 Å². The maximum atomic E-state index is 14.0. The van der Waals surface area contributed by atoms with E-state index in [0.29, 0.717) is 12.5 Å². The van der Waals surface area contributed by atoms with E-state index < -0.39 is 11.8 Å². The van der Waals surface area contributed by atoms with Crippen LogP contribution < -0.4 is 10.6 Å². The summed E-state index contributed by atoms with van der Waals surface area (Å²) in [7, 11) is 0. The molecule has 2 heterocycles. The zero-order valence-electron chi connectivity index (χ0n) is 18.1. The summed E-state index contributed by atoms with van der Waals surface area (Å²) in [5.74, 6) is -1.09. The molecule has 0 bridgehead atoms. The van der Waals surface area contributed by atoms with Crippen LogP contribution in [0.3, 0.4) is 0 Å². The number of fused-ring (bicyclic) bond motifs is 1. The lowest BCUT2D eigenvalue weighted by Gasteiger charge is -2.33. The summed E-state index contributed by atoms with van der Waals surface area (Å²) in [5.41, 5.74) is 4.55. The smallest absolute Gasteiger partial charge is 0.307 e. The minimum absolute atomic E-state index is 0.0938. The molecule has 0 aliphatic carbocycles. The zero-order valence-corrected chi connectivity index (χ0v) is 18.1. The molecule has 3 atom stereocenters. The predicted molar refractivity (Wildman–Crippen MR) is 123 cm³/mol. The van der Waals surface area contributed by atoms with Gasteiger partial charge in [0.15, 0.2) is 0 Å². The first kappa shape index (κ1) is 22.0. The average molecular weight is 434 g/mol. The Kier molecular flexibility index (Phi) is 6.81. The highest BCUT2D eigenvalue weighted by Gasteiger charge is 2.28. The van der Waals surface area contributed by atoms with Gasteiger partial charge in [0.2, 0.25) is 0 Å². The van der Waals surface area contributed by atoms with Crippen molar-refractivity contribution in [2.24, 2.45) is 5.92 Å². The Morgan fingerprint density at radius 3 is 2.78 bits per heavy atom. The Labute approximate surface area is 187 Å². The van der Waals surface area contributed by atoms with Crippen LogP contribution in [0, 0.1) is 11.7 Å². The molecule has 0 unspecified atom stereocenters. The number of nitrogens with one attached hydrogen (secondary N) is 2. The predicted octanol–water partition coefficient (Wildman–Crippen LogP) is 4.57. The van der Waals surface area contributed by atoms with E-state index in [1.165, 1.54) is 11.6 Å². The van der Waals surface area contributed by atoms with Gasteiger partial charge in [-0.1, -0.05) is 49.4 Å². The topological polar surface area (TPSA) is 74.2 Å². The van der Waals surface area contributed by atoms with Crippen molar-refractivity contribution in [1.82, 2.24) is 10.3 Å². The Bertz CT molecular complexity index is 1070. The van der Waals surface area contributed by atoms with Gasteiger partial charge in [-0.05, 0) is 47.2 Å². The van der Waals surface area contributed by atoms with Crippen LogP contribution in [0.25, 0.3) is 0 Å². The molecule has 0 saturated carbocycles. The van der Waals surface area contributed by atoms with Crippen molar-refractivity contribution >= 4 is 11.7 Å². The minimum atomic E-state index is -1.03. The van der Waals surface area contributed by atoms with Crippen molar-refractivity contribution < 1.29 is 14.3 Å². The van der Waals surface area contributed by atoms with Crippen molar-refractivity contribution in [3.63, 3.8) is 0 Å². The van der Waals surface area contributed by atoms with Gasteiger partial charge in [-0.3, -0.25) is 9.78 Å². The number of nitrogens with zero attached hydrogens (tertiary/aromatic N) is 1. The molecular formula is C26H28FN3O2. The summed E-state index contributed by atoms with van der Waals surface area (Å²) in [6.07, 6.45) is 2.40. The largest absolute Gasteiger partial charge is 0.481 e. The average Bonchev–Trinajstić information content (AvgIpc) is 2.81. The lowest BCUT2D eigenvalue weighted by atomic mass is 9.86. The lowest BCUT2D eigenvalue weighted by molar-refractivity contribution is -0.136. The second-order valence-corrected chi connectivity index (χ2v) is 8.46. The van der Waals surface area contributed by atoms with Crippen molar-refractivity contribution in [2.45, 2.75) is 31.7 Å². The number of carboxylic acid groups (broad SMARTS) is 1. The first-order valence-corrected chi connectivity index (χ1v) is 11.0. The molecule has 3 aromatic rings. The normalized spacial score (nSPS) is 17.1. The first-order valence-electron chi connectivity index (χ1n) is 11.0. The molecule has 0 fully saturated rings. The highest BCUT2D eigenvalue weighted by atomic mass is 19.1. The van der Waals surface area contributed by atoms with Crippen LogP contribution in [0.4, 0.5) is 10.1 Å². The lowest BCUT2D eigenvalue weighted by Crippen LogP contribution is -2.37. The molecule has 0 spiro atoms. The molecule has 5 nitrogen and oxygen atoms in total. The van der Waals surface area contributed by atoms with Crippen LogP contribution in [0.15, 0.2) is 66.9 Å². The summed E-state index contributed by atoms with van der Waals surface area (Å²) in [6.45, 7) is 3.60. The molecule has 1 aliphatic rings. The number of hydrogen-bond donors (Lipinski definition) is 3. The molecule has 1 aliphatic heterocycles. The third kappa shape index (κ3) is 5.14. The maximum absolute atomic E-state index is 14.0. The van der Waals surface area contributed by atoms with Crippen LogP contribution in [0.2, 0.25) is 0 Å². The molecule has 6 heteroatoms. The van der Waals surface area contributed by atoms with Gasteiger partial charge in [-0.25, -0.2) is 4.39 Å². The van der Waals surface area contributed by atoms with Gasteiger partial charge < -0.3 is 15.7 Å². The Balaban J connectivity index is 1.51. The molecular weight excluding hydrogens is 405 g/mol. The minimum Gasteiger partial charge on any atom is -0.481 e. The van der Waals surface area contributed by atoms with E-state index in [4.69, 9.17) is 5.11 Å². The molecule has 1 aromatic heterocycles. The number of carboxylic acids is 1. The second-order valence-electron chi connectivity index (χ2n) is 8.46. The van der Waals surface area contributed by atoms with Crippen LogP contribution >= 0.6 is 0 Å². The number of pyridine rings is 1. The van der Waals surface area contributed by atoms with Gasteiger partial charge in [0.1, 0.15) is 5.82 Å². The number of benzene rings is 2. The fourth-order valence-electron chi connectivity index (χ4n) is 4.40. The third-order valence-corrected chi connectivity index (χ3v) is 6.16. The quantitative estimate of drug-likeness (QED) is 0.485. The monoisotopic (exact) mass is 433 g/mol. The summed E-state index contributed by atoms with van der Waals surface area (Å²) in [6, 6.07) is 19.3. The van der Waals surface area contributed by atoms with Crippen molar-refractivity contribution in [2.75, 3.05) is 18.4 Å². The summed E-state index contributed by atoms with van der Waals surface area (Å²) < 4.78 is 14.0. The van der Waals surface area contributed by atoms with Crippen molar-refractivity contribution in [1.29, 1.82) is 0 Å². The standard InChI is InChI=1S/C26H28FN3O2/c1-17(19-9-10-22(27)20(12-19)14-25(31)32)15-30-26(18-6-3-2-4-7-18)21-13-24-23(29-16-21)8-5-11-28-24/h2-12,17,21,26,29-30H,13-16H2,1H3,(H,31,32)/t17-,21+,26+/m0/s1. The number of rotatable bonds is 8. The highest BCUT2D eigenvalue weighted by molar-refractivity contribution is 5.70. The molecule has 0 amide bonds. The van der Waals surface area contributed by atoms with E-state index in [9.17, 15) is 9.18 Å². The first-order chi connectivity index (χ1) is 15.5. The van der Waals surface area contributed by atoms with E-state index in [1.54, 1.807) is 12.1 Å². The number of aromatic nitrogens is 1. The molecule has 4 rings (SSSR count). The Hall–Kier alpha value is -3.25. The Morgan fingerprint density at radius 2 is 2.00 bits per heavy atom. The molecule has 0 saturated heterocycles. The van der Waals surface area contributed by atoms with E-state index >= 15 is 0 Å². The fraction of sp³-hybridized carbons (Fsp3) is 0.308. The van der Waals surface area contributed by atoms with E-state index in [1.807, 2.05) is 30.5 Å². The third-order valence-electron chi connectivity index (χ3n) is 6.16. The van der Waals surface area contributed by atoms with Crippen LogP contribution in [0.5, 0.6) is 0 Å². The SMILES string of the molecule is C[C@@H](CN[C@H](c1ccccc1)[C@H]1CNc2cccnc2C1)c1ccc(F)c(CC(=O)O)c1. The highest BCUT2D eigenvalue weighted by Crippen LogP contribution is 2.32. The number of hydrogen-bond acceptors (Lipinski definition) is 4. The number of anilines is 1. The number of aliphatic carboxylic acids is 1. The van der Waals surface area contributed by atoms with Gasteiger partial charge in [-0.2, -0.15) is 0 Å². The molecule has 32 heavy (non-hydrogen) atoms. The Morgan fingerprint density at radius 1 is 1.19 bits per heavy atom. The van der Waals surface area contributed by atoms with Gasteiger partial charge >= 0.3 is 5.97 Å². The summed E-state index contributed by atoms with van der Waals surface area (Å²) in [5, 5.41) is 16.3. The molecule has 2 aromatic carbocycles. The summed E-state index contributed by atoms with van der Waals surface area (Å²) >= 11 is 0. The summed E-state index contributed by atoms with van der Waals surface area (Å²) in [4.78, 5) is 15.6. The van der Waals surface area contributed by atoms with Gasteiger partial charge in [-0.15, -0.1) is 0 Å². The number of halogens is 1.